The number of carbonyl (C=O) groups excluding carboxylic acids is 2. The fourth-order valence-electron chi connectivity index (χ4n) is 6.51. The van der Waals surface area contributed by atoms with Crippen molar-refractivity contribution in [3.8, 4) is 22.6 Å². The Hall–Kier alpha value is -5.72. The Balaban J connectivity index is 1.01. The van der Waals surface area contributed by atoms with Crippen molar-refractivity contribution in [2.75, 3.05) is 22.1 Å². The average Bonchev–Trinajstić information content (AvgIpc) is 3.68. The standard InChI is InChI=1S/C45H44N4O6S/c46-37-18-7-8-19-38(37)48-41(52)21-10-9-20-40(51)47-35-17-11-16-34(26-35)44-53-36(27-39(54-44)31-24-22-30(28-50)23-25-31)29-56-45-49-42(32-12-3-1-4-13-32)43(55-45)33-14-5-2-6-15-33/h1-8,11-19,22-26,36,39,44,50H,9-10,20-21,27-29,46H2,(H,47,51)(H,48,52)/t36-,39+,44+/m1/s1. The Labute approximate surface area is 330 Å². The van der Waals surface area contributed by atoms with Gasteiger partial charge in [0.2, 0.25) is 11.8 Å². The van der Waals surface area contributed by atoms with Crippen LogP contribution >= 0.6 is 11.8 Å². The van der Waals surface area contributed by atoms with Gasteiger partial charge in [0.05, 0.1) is 30.2 Å². The number of benzene rings is 5. The lowest BCUT2D eigenvalue weighted by atomic mass is 10.0. The van der Waals surface area contributed by atoms with Crippen LogP contribution in [-0.4, -0.2) is 33.8 Å². The number of aliphatic hydroxyl groups is 1. The van der Waals surface area contributed by atoms with Crippen LogP contribution in [0.25, 0.3) is 22.6 Å². The third-order valence-electron chi connectivity index (χ3n) is 9.43. The van der Waals surface area contributed by atoms with E-state index in [-0.39, 0.29) is 43.5 Å². The molecule has 10 nitrogen and oxygen atoms in total. The average molecular weight is 769 g/mol. The number of ether oxygens (including phenoxy) is 2. The molecular weight excluding hydrogens is 725 g/mol. The molecule has 6 aromatic rings. The number of nitrogens with zero attached hydrogens (tertiary/aromatic N) is 1. The Morgan fingerprint density at radius 1 is 0.750 bits per heavy atom. The largest absolute Gasteiger partial charge is 0.431 e. The van der Waals surface area contributed by atoms with Crippen LogP contribution in [0.4, 0.5) is 17.1 Å². The van der Waals surface area contributed by atoms with Crippen molar-refractivity contribution < 1.29 is 28.6 Å². The maximum Gasteiger partial charge on any atom is 0.256 e. The van der Waals surface area contributed by atoms with E-state index in [2.05, 4.69) is 10.6 Å². The number of hydrogen-bond acceptors (Lipinski definition) is 9. The molecule has 3 atom stereocenters. The van der Waals surface area contributed by atoms with Crippen LogP contribution in [0.2, 0.25) is 0 Å². The van der Waals surface area contributed by atoms with Gasteiger partial charge < -0.3 is 35.4 Å². The minimum atomic E-state index is -0.713. The zero-order valence-electron chi connectivity index (χ0n) is 30.8. The first-order valence-electron chi connectivity index (χ1n) is 18.7. The molecule has 0 aliphatic carbocycles. The monoisotopic (exact) mass is 768 g/mol. The van der Waals surface area contributed by atoms with E-state index in [4.69, 9.17) is 24.6 Å². The van der Waals surface area contributed by atoms with Crippen LogP contribution in [0, 0.1) is 0 Å². The molecule has 5 aromatic carbocycles. The summed E-state index contributed by atoms with van der Waals surface area (Å²) in [5.74, 6) is 0.982. The number of anilines is 3. The summed E-state index contributed by atoms with van der Waals surface area (Å²) in [6, 6.07) is 42.3. The third-order valence-corrected chi connectivity index (χ3v) is 10.4. The van der Waals surface area contributed by atoms with Crippen LogP contribution in [0.1, 0.15) is 61.2 Å². The number of aliphatic hydroxyl groups excluding tert-OH is 1. The Morgan fingerprint density at radius 3 is 2.14 bits per heavy atom. The number of nitrogen functional groups attached to an aromatic ring is 1. The molecule has 0 bridgehead atoms. The molecule has 2 amide bonds. The Bertz CT molecular complexity index is 2160. The van der Waals surface area contributed by atoms with Crippen molar-refractivity contribution in [3.05, 3.63) is 150 Å². The van der Waals surface area contributed by atoms with Crippen LogP contribution in [0.15, 0.2) is 143 Å². The third kappa shape index (κ3) is 10.1. The summed E-state index contributed by atoms with van der Waals surface area (Å²) in [6.45, 7) is -0.0411. The predicted molar refractivity (Wildman–Crippen MR) is 220 cm³/mol. The zero-order valence-corrected chi connectivity index (χ0v) is 31.6. The van der Waals surface area contributed by atoms with Gasteiger partial charge in [-0.1, -0.05) is 121 Å². The molecule has 0 unspecified atom stereocenters. The number of carbonyl (C=O) groups is 2. The first-order valence-corrected chi connectivity index (χ1v) is 19.7. The summed E-state index contributed by atoms with van der Waals surface area (Å²) in [5.41, 5.74) is 12.9. The minimum absolute atomic E-state index is 0.0411. The Kier molecular flexibility index (Phi) is 12.9. The fourth-order valence-corrected chi connectivity index (χ4v) is 7.35. The number of nitrogens with one attached hydrogen (secondary N) is 2. The second-order valence-electron chi connectivity index (χ2n) is 13.6. The summed E-state index contributed by atoms with van der Waals surface area (Å²) >= 11 is 1.50. The van der Waals surface area contributed by atoms with Crippen molar-refractivity contribution in [1.29, 1.82) is 0 Å². The molecular formula is C45H44N4O6S. The van der Waals surface area contributed by atoms with Crippen molar-refractivity contribution in [3.63, 3.8) is 0 Å². The molecule has 1 aliphatic heterocycles. The molecule has 1 aromatic heterocycles. The number of hydrogen-bond donors (Lipinski definition) is 4. The number of aromatic nitrogens is 1. The van der Waals surface area contributed by atoms with Gasteiger partial charge in [-0.05, 0) is 48.2 Å². The summed E-state index contributed by atoms with van der Waals surface area (Å²) in [5, 5.41) is 16.0. The number of oxazole rings is 1. The number of rotatable bonds is 15. The first-order chi connectivity index (χ1) is 27.4. The minimum Gasteiger partial charge on any atom is -0.431 e. The van der Waals surface area contributed by atoms with Gasteiger partial charge in [-0.2, -0.15) is 0 Å². The number of para-hydroxylation sites is 2. The molecule has 1 saturated heterocycles. The van der Waals surface area contributed by atoms with Gasteiger partial charge in [-0.15, -0.1) is 0 Å². The summed E-state index contributed by atoms with van der Waals surface area (Å²) in [4.78, 5) is 30.2. The smallest absolute Gasteiger partial charge is 0.256 e. The number of thioether (sulfide) groups is 1. The summed E-state index contributed by atoms with van der Waals surface area (Å²) < 4.78 is 19.6. The van der Waals surface area contributed by atoms with Crippen molar-refractivity contribution in [1.82, 2.24) is 4.98 Å². The molecule has 1 fully saturated rings. The quantitative estimate of drug-likeness (QED) is 0.0455. The molecule has 7 rings (SSSR count). The second kappa shape index (κ2) is 18.7. The summed E-state index contributed by atoms with van der Waals surface area (Å²) in [6.07, 6.45) is 1.03. The highest BCUT2D eigenvalue weighted by Gasteiger charge is 2.33. The van der Waals surface area contributed by atoms with Gasteiger partial charge in [-0.3, -0.25) is 9.59 Å². The summed E-state index contributed by atoms with van der Waals surface area (Å²) in [7, 11) is 0. The molecule has 0 saturated carbocycles. The van der Waals surface area contributed by atoms with E-state index in [1.807, 2.05) is 121 Å². The van der Waals surface area contributed by atoms with Crippen LogP contribution in [0.3, 0.4) is 0 Å². The molecule has 56 heavy (non-hydrogen) atoms. The molecule has 1 aliphatic rings. The van der Waals surface area contributed by atoms with E-state index >= 15 is 0 Å². The van der Waals surface area contributed by atoms with Gasteiger partial charge >= 0.3 is 0 Å². The number of unbranched alkanes of at least 4 members (excludes halogenated alkanes) is 1. The molecule has 0 radical (unpaired) electrons. The lowest BCUT2D eigenvalue weighted by molar-refractivity contribution is -0.245. The highest BCUT2D eigenvalue weighted by Crippen LogP contribution is 2.41. The highest BCUT2D eigenvalue weighted by atomic mass is 32.2. The molecule has 5 N–H and O–H groups in total. The van der Waals surface area contributed by atoms with E-state index < -0.39 is 6.29 Å². The van der Waals surface area contributed by atoms with Crippen LogP contribution in [0.5, 0.6) is 0 Å². The normalized spacial score (nSPS) is 16.6. The zero-order chi connectivity index (χ0) is 38.7. The van der Waals surface area contributed by atoms with Crippen molar-refractivity contribution >= 4 is 40.6 Å². The van der Waals surface area contributed by atoms with Crippen LogP contribution < -0.4 is 16.4 Å². The van der Waals surface area contributed by atoms with Gasteiger partial charge in [-0.25, -0.2) is 4.98 Å². The van der Waals surface area contributed by atoms with Gasteiger partial charge in [0.1, 0.15) is 5.69 Å². The van der Waals surface area contributed by atoms with E-state index in [1.54, 1.807) is 12.1 Å². The van der Waals surface area contributed by atoms with Crippen molar-refractivity contribution in [2.24, 2.45) is 0 Å². The number of amides is 2. The molecule has 2 heterocycles. The Morgan fingerprint density at radius 2 is 1.43 bits per heavy atom. The fraction of sp³-hybridized carbons (Fsp3) is 0.222. The maximum absolute atomic E-state index is 12.9. The lowest BCUT2D eigenvalue weighted by Gasteiger charge is -2.36. The predicted octanol–water partition coefficient (Wildman–Crippen LogP) is 9.56. The van der Waals surface area contributed by atoms with E-state index in [9.17, 15) is 14.7 Å². The topological polar surface area (TPSA) is 149 Å². The van der Waals surface area contributed by atoms with Crippen LogP contribution in [-0.2, 0) is 25.7 Å². The van der Waals surface area contributed by atoms with E-state index in [0.717, 1.165) is 33.5 Å². The van der Waals surface area contributed by atoms with Gasteiger partial charge in [0.15, 0.2) is 12.1 Å². The van der Waals surface area contributed by atoms with E-state index in [0.29, 0.717) is 53.1 Å². The second-order valence-corrected chi connectivity index (χ2v) is 14.5. The number of nitrogens with two attached hydrogens (primary N) is 1. The van der Waals surface area contributed by atoms with Crippen molar-refractivity contribution in [2.45, 2.75) is 62.4 Å². The lowest BCUT2D eigenvalue weighted by Crippen LogP contribution is -2.31. The first kappa shape index (κ1) is 38.6. The SMILES string of the molecule is Nc1ccccc1NC(=O)CCCCC(=O)Nc1cccc([C@H]2O[C@@H](CSc3nc(-c4ccccc4)c(-c4ccccc4)o3)C[C@@H](c3ccc(CO)cc3)O2)c1. The molecule has 0 spiro atoms. The van der Waals surface area contributed by atoms with E-state index in [1.165, 1.54) is 11.8 Å². The van der Waals surface area contributed by atoms with Gasteiger partial charge in [0.25, 0.3) is 5.22 Å². The molecule has 286 valence electrons. The van der Waals surface area contributed by atoms with Gasteiger partial charge in [0, 0.05) is 47.4 Å². The maximum atomic E-state index is 12.9. The highest BCUT2D eigenvalue weighted by molar-refractivity contribution is 7.99. The molecule has 11 heteroatoms.